The molecule has 82 valence electrons. The van der Waals surface area contributed by atoms with Gasteiger partial charge in [0, 0.05) is 0 Å². The summed E-state index contributed by atoms with van der Waals surface area (Å²) in [5, 5.41) is 11.0. The maximum absolute atomic E-state index is 11.4. The molecule has 0 spiro atoms. The predicted molar refractivity (Wildman–Crippen MR) is 63.0 cm³/mol. The molecule has 0 bridgehead atoms. The summed E-state index contributed by atoms with van der Waals surface area (Å²) < 4.78 is 1.04. The van der Waals surface area contributed by atoms with Crippen molar-refractivity contribution in [2.75, 3.05) is 11.4 Å². The second-order valence-electron chi connectivity index (χ2n) is 3.97. The van der Waals surface area contributed by atoms with Crippen LogP contribution in [-0.4, -0.2) is 36.0 Å². The first-order valence-corrected chi connectivity index (χ1v) is 7.16. The van der Waals surface area contributed by atoms with Gasteiger partial charge in [0.25, 0.3) is 0 Å². The summed E-state index contributed by atoms with van der Waals surface area (Å²) in [5.41, 5.74) is 1.52. The predicted octanol–water partition coefficient (Wildman–Crippen LogP) is -0.238. The van der Waals surface area contributed by atoms with Gasteiger partial charge in [-0.3, -0.25) is 0 Å². The number of hydrogen-bond acceptors (Lipinski definition) is 3. The molecule has 6 heteroatoms. The standard InChI is InChI=1S/C10H9N2O3.Ga.2H/c1-7(13)11-6-5-8-3-2-4-9(10(8)11)12(14)15;;;/h3-4H,5-6H2,1H3;;;. The van der Waals surface area contributed by atoms with Crippen molar-refractivity contribution in [1.29, 1.82) is 0 Å². The molecule has 0 N–H and O–H groups in total. The van der Waals surface area contributed by atoms with Gasteiger partial charge in [-0.1, -0.05) is 0 Å². The second kappa shape index (κ2) is 3.95. The van der Waals surface area contributed by atoms with E-state index >= 15 is 0 Å². The summed E-state index contributed by atoms with van der Waals surface area (Å²) in [6.07, 6.45) is 0.722. The van der Waals surface area contributed by atoms with Gasteiger partial charge >= 0.3 is 102 Å². The molecule has 5 nitrogen and oxygen atoms in total. The molecule has 0 fully saturated rings. The van der Waals surface area contributed by atoms with Crippen molar-refractivity contribution in [2.45, 2.75) is 13.3 Å². The van der Waals surface area contributed by atoms with Crippen molar-refractivity contribution in [3.8, 4) is 0 Å². The van der Waals surface area contributed by atoms with Crippen LogP contribution in [0.3, 0.4) is 0 Å². The molecule has 0 saturated heterocycles. The number of amides is 1. The van der Waals surface area contributed by atoms with Crippen molar-refractivity contribution in [2.24, 2.45) is 0 Å². The molecule has 1 heterocycles. The Morgan fingerprint density at radius 1 is 1.56 bits per heavy atom. The van der Waals surface area contributed by atoms with E-state index in [1.54, 1.807) is 6.07 Å². The van der Waals surface area contributed by atoms with Crippen LogP contribution in [0, 0.1) is 10.1 Å². The van der Waals surface area contributed by atoms with Crippen LogP contribution >= 0.6 is 0 Å². The fourth-order valence-corrected chi connectivity index (χ4v) is 3.44. The summed E-state index contributed by atoms with van der Waals surface area (Å²) in [4.78, 5) is 23.5. The normalized spacial score (nSPS) is 13.7. The summed E-state index contributed by atoms with van der Waals surface area (Å²) >= 11 is 0.413. The van der Waals surface area contributed by atoms with E-state index in [1.165, 1.54) is 11.8 Å². The van der Waals surface area contributed by atoms with Gasteiger partial charge < -0.3 is 0 Å². The summed E-state index contributed by atoms with van der Waals surface area (Å²) in [7, 11) is 0. The topological polar surface area (TPSA) is 63.5 Å². The zero-order valence-electron chi connectivity index (χ0n) is 9.19. The Labute approximate surface area is 102 Å². The van der Waals surface area contributed by atoms with E-state index in [4.69, 9.17) is 0 Å². The van der Waals surface area contributed by atoms with Crippen LogP contribution in [0.4, 0.5) is 11.4 Å². The van der Waals surface area contributed by atoms with Gasteiger partial charge in [0.15, 0.2) is 0 Å². The molecule has 0 atom stereocenters. The van der Waals surface area contributed by atoms with Gasteiger partial charge in [-0.25, -0.2) is 0 Å². The van der Waals surface area contributed by atoms with E-state index in [9.17, 15) is 14.9 Å². The van der Waals surface area contributed by atoms with Crippen LogP contribution < -0.4 is 9.02 Å². The third kappa shape index (κ3) is 1.74. The van der Waals surface area contributed by atoms with Crippen molar-refractivity contribution < 1.29 is 9.72 Å². The van der Waals surface area contributed by atoms with E-state index in [1.807, 2.05) is 6.07 Å². The van der Waals surface area contributed by atoms with Crippen LogP contribution in [0.25, 0.3) is 0 Å². The van der Waals surface area contributed by atoms with Gasteiger partial charge in [0.1, 0.15) is 0 Å². The fraction of sp³-hybridized carbons (Fsp3) is 0.300. The molecule has 16 heavy (non-hydrogen) atoms. The summed E-state index contributed by atoms with van der Waals surface area (Å²) in [5.74, 6) is -0.132. The third-order valence-electron chi connectivity index (χ3n) is 2.76. The molecule has 2 rings (SSSR count). The van der Waals surface area contributed by atoms with Crippen LogP contribution in [-0.2, 0) is 11.2 Å². The molecular weight excluding hydrogens is 266 g/mol. The molecule has 0 saturated carbocycles. The monoisotopic (exact) mass is 276 g/mol. The van der Waals surface area contributed by atoms with Crippen molar-refractivity contribution in [1.82, 2.24) is 0 Å². The van der Waals surface area contributed by atoms with Crippen LogP contribution in [0.2, 0.25) is 0 Å². The van der Waals surface area contributed by atoms with Gasteiger partial charge in [0.2, 0.25) is 0 Å². The number of benzene rings is 1. The van der Waals surface area contributed by atoms with Crippen LogP contribution in [0.15, 0.2) is 12.1 Å². The number of rotatable bonds is 1. The molecule has 1 aliphatic heterocycles. The first-order valence-electron chi connectivity index (χ1n) is 5.06. The first-order chi connectivity index (χ1) is 7.50. The van der Waals surface area contributed by atoms with E-state index in [0.717, 1.165) is 16.1 Å². The minimum atomic E-state index is -0.394. The van der Waals surface area contributed by atoms with Crippen molar-refractivity contribution in [3.63, 3.8) is 0 Å². The summed E-state index contributed by atoms with van der Waals surface area (Å²) in [6, 6.07) is 3.59. The Morgan fingerprint density at radius 2 is 2.25 bits per heavy atom. The SMILES string of the molecule is CC(=O)N1CCc2c[c]([GaH2])cc([N+](=O)[O-])c21. The van der Waals surface area contributed by atoms with Crippen molar-refractivity contribution in [3.05, 3.63) is 27.8 Å². The number of fused-ring (bicyclic) bond motifs is 1. The van der Waals surface area contributed by atoms with Crippen LogP contribution in [0.5, 0.6) is 0 Å². The van der Waals surface area contributed by atoms with E-state index in [0.29, 0.717) is 30.8 Å². The molecular formula is C10H11GaN2O3. The molecule has 1 aromatic rings. The number of nitro benzene ring substituents is 1. The quantitative estimate of drug-likeness (QED) is 0.404. The number of carbonyl (C=O) groups is 1. The number of carbonyl (C=O) groups excluding carboxylic acids is 1. The molecule has 1 aliphatic rings. The maximum atomic E-state index is 11.4. The van der Waals surface area contributed by atoms with Gasteiger partial charge in [-0.05, 0) is 0 Å². The number of anilines is 1. The van der Waals surface area contributed by atoms with E-state index in [-0.39, 0.29) is 11.6 Å². The van der Waals surface area contributed by atoms with Gasteiger partial charge in [-0.2, -0.15) is 0 Å². The van der Waals surface area contributed by atoms with Crippen molar-refractivity contribution >= 4 is 40.0 Å². The van der Waals surface area contributed by atoms with E-state index in [2.05, 4.69) is 0 Å². The van der Waals surface area contributed by atoms with E-state index < -0.39 is 4.92 Å². The zero-order valence-corrected chi connectivity index (χ0v) is 13.4. The second-order valence-corrected chi connectivity index (χ2v) is 6.39. The Balaban J connectivity index is 2.63. The molecule has 0 radical (unpaired) electrons. The average molecular weight is 277 g/mol. The van der Waals surface area contributed by atoms with Gasteiger partial charge in [0.05, 0.1) is 0 Å². The zero-order chi connectivity index (χ0) is 11.9. The Hall–Kier alpha value is -1.27. The Bertz CT molecular complexity index is 487. The molecule has 0 aromatic heterocycles. The Morgan fingerprint density at radius 3 is 2.81 bits per heavy atom. The van der Waals surface area contributed by atoms with Crippen LogP contribution in [0.1, 0.15) is 12.5 Å². The van der Waals surface area contributed by atoms with Gasteiger partial charge in [-0.15, -0.1) is 0 Å². The summed E-state index contributed by atoms with van der Waals surface area (Å²) in [6.45, 7) is 2.00. The number of nitrogens with zero attached hydrogens (tertiary/aromatic N) is 2. The third-order valence-corrected chi connectivity index (χ3v) is 3.98. The minimum absolute atomic E-state index is 0.0772. The molecule has 0 aliphatic carbocycles. The average Bonchev–Trinajstić information content (AvgIpc) is 2.59. The fourth-order valence-electron chi connectivity index (χ4n) is 2.13. The molecule has 0 unspecified atom stereocenters. The number of nitro groups is 1. The molecule has 1 aromatic carbocycles. The number of hydrogen-bond donors (Lipinski definition) is 0. The first kappa shape index (κ1) is 11.2. The molecule has 1 amide bonds. The Kier molecular flexibility index (Phi) is 2.77.